The van der Waals surface area contributed by atoms with Gasteiger partial charge in [0.15, 0.2) is 0 Å². The first kappa shape index (κ1) is 20.5. The smallest absolute Gasteiger partial charge is 0.322 e. The second-order valence-corrected chi connectivity index (χ2v) is 10.2. The van der Waals surface area contributed by atoms with Crippen LogP contribution in [-0.4, -0.2) is 37.1 Å². The van der Waals surface area contributed by atoms with Crippen molar-refractivity contribution >= 4 is 21.8 Å². The summed E-state index contributed by atoms with van der Waals surface area (Å²) in [7, 11) is -4.01. The van der Waals surface area contributed by atoms with Crippen LogP contribution in [0.2, 0.25) is 0 Å². The topological polar surface area (TPSA) is 124 Å². The highest BCUT2D eigenvalue weighted by Crippen LogP contribution is 2.64. The molecule has 2 N–H and O–H groups in total. The summed E-state index contributed by atoms with van der Waals surface area (Å²) in [6.45, 7) is 3.88. The molecule has 0 radical (unpaired) electrons. The standard InChI is InChI=1S/C20H24N2O5S/c1-19(2)15-6-7-20(19,17(23)10-15)12-28(26,27)22-16(18(24)25)9-13-4-3-5-14(8-13)11-21/h3-5,8,15-16,22H,6-7,9-10,12H2,1-2H3,(H,24,25)/t15-,16?,20-/m1/s1. The second kappa shape index (κ2) is 6.98. The van der Waals surface area contributed by atoms with E-state index in [1.165, 1.54) is 6.07 Å². The summed E-state index contributed by atoms with van der Waals surface area (Å²) in [5.74, 6) is -1.54. The van der Waals surface area contributed by atoms with E-state index in [9.17, 15) is 23.1 Å². The van der Waals surface area contributed by atoms with E-state index in [2.05, 4.69) is 4.72 Å². The molecule has 2 aliphatic carbocycles. The largest absolute Gasteiger partial charge is 0.480 e. The molecule has 0 spiro atoms. The van der Waals surface area contributed by atoms with E-state index in [-0.39, 0.29) is 23.9 Å². The fourth-order valence-corrected chi connectivity index (χ4v) is 6.90. The average Bonchev–Trinajstić information content (AvgIpc) is 2.95. The summed E-state index contributed by atoms with van der Waals surface area (Å²) < 4.78 is 28.0. The molecule has 1 unspecified atom stereocenters. The van der Waals surface area contributed by atoms with Crippen molar-refractivity contribution in [3.63, 3.8) is 0 Å². The van der Waals surface area contributed by atoms with Crippen LogP contribution in [0.3, 0.4) is 0 Å². The van der Waals surface area contributed by atoms with Gasteiger partial charge in [-0.1, -0.05) is 26.0 Å². The third-order valence-electron chi connectivity index (χ3n) is 6.69. The zero-order valence-electron chi connectivity index (χ0n) is 15.9. The average molecular weight is 404 g/mol. The highest BCUT2D eigenvalue weighted by Gasteiger charge is 2.65. The van der Waals surface area contributed by atoms with Crippen molar-refractivity contribution in [3.05, 3.63) is 35.4 Å². The molecule has 3 atom stereocenters. The molecule has 0 aliphatic heterocycles. The van der Waals surface area contributed by atoms with Gasteiger partial charge in [-0.2, -0.15) is 5.26 Å². The van der Waals surface area contributed by atoms with Crippen LogP contribution in [0.25, 0.3) is 0 Å². The minimum Gasteiger partial charge on any atom is -0.480 e. The zero-order valence-corrected chi connectivity index (χ0v) is 16.8. The molecule has 0 heterocycles. The Labute approximate surface area is 164 Å². The molecule has 28 heavy (non-hydrogen) atoms. The molecule has 0 saturated heterocycles. The molecule has 2 bridgehead atoms. The van der Waals surface area contributed by atoms with Crippen LogP contribution in [0.5, 0.6) is 0 Å². The Morgan fingerprint density at radius 2 is 2.14 bits per heavy atom. The lowest BCUT2D eigenvalue weighted by Crippen LogP contribution is -2.49. The van der Waals surface area contributed by atoms with Crippen LogP contribution in [-0.2, 0) is 26.0 Å². The maximum absolute atomic E-state index is 12.9. The van der Waals surface area contributed by atoms with Gasteiger partial charge in [-0.15, -0.1) is 0 Å². The molecule has 2 saturated carbocycles. The number of fused-ring (bicyclic) bond motifs is 2. The van der Waals surface area contributed by atoms with E-state index in [0.717, 1.165) is 6.42 Å². The number of carboxylic acid groups (broad SMARTS) is 1. The second-order valence-electron chi connectivity index (χ2n) is 8.45. The number of nitriles is 1. The van der Waals surface area contributed by atoms with Gasteiger partial charge in [0.05, 0.1) is 17.4 Å². The summed E-state index contributed by atoms with van der Waals surface area (Å²) in [6, 6.07) is 7.00. The predicted octanol–water partition coefficient (Wildman–Crippen LogP) is 1.87. The summed E-state index contributed by atoms with van der Waals surface area (Å²) in [5.41, 5.74) is -0.449. The number of hydrogen-bond acceptors (Lipinski definition) is 5. The number of nitrogens with one attached hydrogen (secondary N) is 1. The van der Waals surface area contributed by atoms with Gasteiger partial charge in [0, 0.05) is 11.8 Å². The maximum Gasteiger partial charge on any atom is 0.322 e. The van der Waals surface area contributed by atoms with Crippen LogP contribution in [0.15, 0.2) is 24.3 Å². The van der Waals surface area contributed by atoms with Crippen LogP contribution in [0, 0.1) is 28.1 Å². The molecule has 2 fully saturated rings. The number of ketones is 1. The summed E-state index contributed by atoms with van der Waals surface area (Å²) in [4.78, 5) is 24.3. The van der Waals surface area contributed by atoms with Gasteiger partial charge in [0.2, 0.25) is 10.0 Å². The summed E-state index contributed by atoms with van der Waals surface area (Å²) in [5, 5.41) is 18.5. The Kier molecular flexibility index (Phi) is 5.11. The summed E-state index contributed by atoms with van der Waals surface area (Å²) >= 11 is 0. The molecule has 2 aliphatic rings. The number of carbonyl (C=O) groups is 2. The first-order valence-electron chi connectivity index (χ1n) is 9.26. The normalized spacial score (nSPS) is 26.8. The van der Waals surface area contributed by atoms with Crippen LogP contribution >= 0.6 is 0 Å². The molecule has 1 aromatic carbocycles. The lowest BCUT2D eigenvalue weighted by atomic mass is 9.70. The van der Waals surface area contributed by atoms with Gasteiger partial charge in [-0.25, -0.2) is 13.1 Å². The van der Waals surface area contributed by atoms with E-state index < -0.39 is 32.9 Å². The van der Waals surface area contributed by atoms with Crippen molar-refractivity contribution in [1.82, 2.24) is 4.72 Å². The maximum atomic E-state index is 12.9. The van der Waals surface area contributed by atoms with Crippen molar-refractivity contribution in [2.24, 2.45) is 16.7 Å². The SMILES string of the molecule is CC1(C)[C@@H]2CC[C@@]1(CS(=O)(=O)NC(Cc1cccc(C#N)c1)C(=O)O)C(=O)C2. The highest BCUT2D eigenvalue weighted by atomic mass is 32.2. The van der Waals surface area contributed by atoms with Crippen molar-refractivity contribution in [1.29, 1.82) is 5.26 Å². The first-order valence-corrected chi connectivity index (χ1v) is 10.9. The van der Waals surface area contributed by atoms with E-state index in [1.54, 1.807) is 18.2 Å². The minimum absolute atomic E-state index is 0.0345. The zero-order chi connectivity index (χ0) is 20.7. The number of sulfonamides is 1. The van der Waals surface area contributed by atoms with Gasteiger partial charge in [0.1, 0.15) is 11.8 Å². The Bertz CT molecular complexity index is 963. The summed E-state index contributed by atoms with van der Waals surface area (Å²) in [6.07, 6.45) is 1.65. The number of benzene rings is 1. The molecular weight excluding hydrogens is 380 g/mol. The van der Waals surface area contributed by atoms with Crippen LogP contribution < -0.4 is 4.72 Å². The Balaban J connectivity index is 1.80. The van der Waals surface area contributed by atoms with E-state index >= 15 is 0 Å². The minimum atomic E-state index is -4.01. The van der Waals surface area contributed by atoms with Gasteiger partial charge in [-0.3, -0.25) is 9.59 Å². The number of nitrogens with zero attached hydrogens (tertiary/aromatic N) is 1. The Morgan fingerprint density at radius 1 is 1.43 bits per heavy atom. The van der Waals surface area contributed by atoms with Crippen LogP contribution in [0.4, 0.5) is 0 Å². The van der Waals surface area contributed by atoms with E-state index in [0.29, 0.717) is 24.0 Å². The molecular formula is C20H24N2O5S. The predicted molar refractivity (Wildman–Crippen MR) is 102 cm³/mol. The molecule has 1 aromatic rings. The fourth-order valence-electron chi connectivity index (χ4n) is 4.87. The lowest BCUT2D eigenvalue weighted by Gasteiger charge is -2.36. The number of carbonyl (C=O) groups excluding carboxylic acids is 1. The number of aliphatic carboxylic acids is 1. The van der Waals surface area contributed by atoms with Gasteiger partial charge in [0.25, 0.3) is 0 Å². The number of Topliss-reactive ketones (excluding diaryl/α,β-unsaturated/α-hetero) is 1. The van der Waals surface area contributed by atoms with Crippen molar-refractivity contribution in [2.75, 3.05) is 5.75 Å². The first-order chi connectivity index (χ1) is 13.0. The quantitative estimate of drug-likeness (QED) is 0.715. The molecule has 150 valence electrons. The highest BCUT2D eigenvalue weighted by molar-refractivity contribution is 7.89. The number of carboxylic acids is 1. The lowest BCUT2D eigenvalue weighted by molar-refractivity contribution is -0.138. The van der Waals surface area contributed by atoms with Crippen molar-refractivity contribution < 1.29 is 23.1 Å². The van der Waals surface area contributed by atoms with Gasteiger partial charge >= 0.3 is 5.97 Å². The number of hydrogen-bond donors (Lipinski definition) is 2. The monoisotopic (exact) mass is 404 g/mol. The molecule has 0 aromatic heterocycles. The fraction of sp³-hybridized carbons (Fsp3) is 0.550. The molecule has 8 heteroatoms. The molecule has 3 rings (SSSR count). The van der Waals surface area contributed by atoms with E-state index in [4.69, 9.17) is 5.26 Å². The van der Waals surface area contributed by atoms with E-state index in [1.807, 2.05) is 19.9 Å². The number of rotatable bonds is 7. The van der Waals surface area contributed by atoms with Crippen molar-refractivity contribution in [2.45, 2.75) is 45.6 Å². The Hall–Kier alpha value is -2.24. The third-order valence-corrected chi connectivity index (χ3v) is 8.21. The molecule has 0 amide bonds. The van der Waals surface area contributed by atoms with Gasteiger partial charge < -0.3 is 5.11 Å². The third kappa shape index (κ3) is 3.45. The van der Waals surface area contributed by atoms with Crippen molar-refractivity contribution in [3.8, 4) is 6.07 Å². The van der Waals surface area contributed by atoms with Gasteiger partial charge in [-0.05, 0) is 48.3 Å². The molecule has 7 nitrogen and oxygen atoms in total. The Morgan fingerprint density at radius 3 is 2.68 bits per heavy atom. The van der Waals surface area contributed by atoms with Crippen LogP contribution in [0.1, 0.15) is 44.2 Å².